The molecule has 1 aliphatic rings. The standard InChI is InChI=1S/C17H20F3S.BrH/c1-2-12-8-9-14-11-16(13-6-4-3-5-7-13)21(15(14)10-12)17(18,19)20;/h8-11,13H,2-7H2,1H3;1H/q+1;/p-1. The number of halogens is 4. The van der Waals surface area contributed by atoms with Gasteiger partial charge in [0.2, 0.25) is 0 Å². The highest BCUT2D eigenvalue weighted by atomic mass is 79.9. The average Bonchev–Trinajstić information content (AvgIpc) is 2.86. The molecule has 1 heterocycles. The number of hydrogen-bond acceptors (Lipinski definition) is 0. The maximum Gasteiger partial charge on any atom is 0.600 e. The molecule has 122 valence electrons. The van der Waals surface area contributed by atoms with Crippen molar-refractivity contribution in [1.82, 2.24) is 0 Å². The fourth-order valence-electron chi connectivity index (χ4n) is 3.36. The first-order chi connectivity index (χ1) is 10.0. The van der Waals surface area contributed by atoms with E-state index in [4.69, 9.17) is 0 Å². The van der Waals surface area contributed by atoms with Crippen LogP contribution in [0.25, 0.3) is 10.1 Å². The Morgan fingerprint density at radius 3 is 2.36 bits per heavy atom. The number of thiophene rings is 1. The van der Waals surface area contributed by atoms with Gasteiger partial charge < -0.3 is 17.0 Å². The molecule has 5 heteroatoms. The van der Waals surface area contributed by atoms with Crippen molar-refractivity contribution < 1.29 is 30.2 Å². The number of benzene rings is 1. The molecular formula is C17H20BrF3S. The van der Waals surface area contributed by atoms with E-state index in [9.17, 15) is 13.2 Å². The molecule has 1 fully saturated rings. The molecule has 0 bridgehead atoms. The summed E-state index contributed by atoms with van der Waals surface area (Å²) in [5.74, 6) is 0.126. The van der Waals surface area contributed by atoms with Gasteiger partial charge in [0, 0.05) is 23.4 Å². The minimum absolute atomic E-state index is 0. The van der Waals surface area contributed by atoms with Crippen LogP contribution in [0.1, 0.15) is 55.4 Å². The molecule has 1 aromatic heterocycles. The van der Waals surface area contributed by atoms with E-state index in [0.717, 1.165) is 49.5 Å². The zero-order valence-corrected chi connectivity index (χ0v) is 15.0. The van der Waals surface area contributed by atoms with Gasteiger partial charge >= 0.3 is 5.51 Å². The van der Waals surface area contributed by atoms with Crippen molar-refractivity contribution in [3.8, 4) is 0 Å². The van der Waals surface area contributed by atoms with Crippen molar-refractivity contribution in [3.05, 3.63) is 34.7 Å². The molecule has 1 aromatic carbocycles. The molecule has 3 rings (SSSR count). The second-order valence-corrected chi connectivity index (χ2v) is 7.85. The third-order valence-electron chi connectivity index (χ3n) is 4.48. The third kappa shape index (κ3) is 3.35. The summed E-state index contributed by atoms with van der Waals surface area (Å²) in [6.45, 7) is 1.98. The van der Waals surface area contributed by atoms with Gasteiger partial charge in [0.15, 0.2) is 9.58 Å². The van der Waals surface area contributed by atoms with Crippen LogP contribution < -0.4 is 17.0 Å². The van der Waals surface area contributed by atoms with Gasteiger partial charge in [-0.1, -0.05) is 32.3 Å². The maximum absolute atomic E-state index is 13.7. The van der Waals surface area contributed by atoms with Crippen LogP contribution in [0, 0.1) is 0 Å². The Bertz CT molecular complexity index is 639. The van der Waals surface area contributed by atoms with Crippen molar-refractivity contribution in [1.29, 1.82) is 0 Å². The van der Waals surface area contributed by atoms with Gasteiger partial charge in [-0.05, 0) is 30.9 Å². The summed E-state index contributed by atoms with van der Waals surface area (Å²) in [6, 6.07) is 7.44. The summed E-state index contributed by atoms with van der Waals surface area (Å²) in [6.07, 6.45) is 5.90. The van der Waals surface area contributed by atoms with E-state index < -0.39 is 16.0 Å². The topological polar surface area (TPSA) is 0 Å². The van der Waals surface area contributed by atoms with E-state index in [1.54, 1.807) is 6.07 Å². The Morgan fingerprint density at radius 1 is 1.09 bits per heavy atom. The summed E-state index contributed by atoms with van der Waals surface area (Å²) in [5.41, 5.74) is -3.16. The summed E-state index contributed by atoms with van der Waals surface area (Å²) < 4.78 is 41.5. The predicted molar refractivity (Wildman–Crippen MR) is 82.9 cm³/mol. The lowest BCUT2D eigenvalue weighted by Crippen LogP contribution is -3.00. The highest BCUT2D eigenvalue weighted by molar-refractivity contribution is 7.38. The van der Waals surface area contributed by atoms with Crippen LogP contribution in [-0.2, 0) is 11.9 Å². The van der Waals surface area contributed by atoms with E-state index >= 15 is 0 Å². The van der Waals surface area contributed by atoms with Gasteiger partial charge in [-0.3, -0.25) is 0 Å². The molecule has 0 N–H and O–H groups in total. The zero-order valence-electron chi connectivity index (χ0n) is 12.5. The van der Waals surface area contributed by atoms with Crippen LogP contribution >= 0.6 is 10.5 Å². The number of fused-ring (bicyclic) bond motifs is 1. The highest BCUT2D eigenvalue weighted by Crippen LogP contribution is 2.55. The molecular weight excluding hydrogens is 373 g/mol. The number of aryl methyl sites for hydroxylation is 1. The lowest BCUT2D eigenvalue weighted by molar-refractivity contribution is -0.0868. The molecule has 1 saturated carbocycles. The molecule has 22 heavy (non-hydrogen) atoms. The SMILES string of the molecule is CCc1ccc2cc(C3CCCCC3)[s+](C(F)(F)F)c2c1.[Br-]. The normalized spacial score (nSPS) is 17.5. The first-order valence-corrected chi connectivity index (χ1v) is 8.89. The largest absolute Gasteiger partial charge is 1.00 e. The quantitative estimate of drug-likeness (QED) is 0.683. The molecule has 1 atom stereocenters. The Hall–Kier alpha value is -0.550. The van der Waals surface area contributed by atoms with E-state index in [1.165, 1.54) is 0 Å². The predicted octanol–water partition coefficient (Wildman–Crippen LogP) is 3.68. The van der Waals surface area contributed by atoms with E-state index in [0.29, 0.717) is 9.58 Å². The van der Waals surface area contributed by atoms with Crippen LogP contribution in [0.15, 0.2) is 24.3 Å². The molecule has 0 aliphatic heterocycles. The fraction of sp³-hybridized carbons (Fsp3) is 0.529. The Morgan fingerprint density at radius 2 is 1.77 bits per heavy atom. The summed E-state index contributed by atoms with van der Waals surface area (Å²) in [4.78, 5) is 0.644. The lowest BCUT2D eigenvalue weighted by Gasteiger charge is -2.18. The third-order valence-corrected chi connectivity index (χ3v) is 6.66. The smallest absolute Gasteiger partial charge is 0.600 e. The van der Waals surface area contributed by atoms with Gasteiger partial charge in [-0.2, -0.15) is 0 Å². The zero-order chi connectivity index (χ0) is 15.0. The molecule has 0 nitrogen and oxygen atoms in total. The molecule has 2 aromatic rings. The highest BCUT2D eigenvalue weighted by Gasteiger charge is 2.49. The minimum atomic E-state index is -4.15. The monoisotopic (exact) mass is 392 g/mol. The van der Waals surface area contributed by atoms with E-state index in [-0.39, 0.29) is 22.9 Å². The van der Waals surface area contributed by atoms with Crippen molar-refractivity contribution in [2.45, 2.75) is 56.9 Å². The lowest BCUT2D eigenvalue weighted by atomic mass is 9.88. The first-order valence-electron chi connectivity index (χ1n) is 7.66. The Kier molecular flexibility index (Phi) is 5.59. The van der Waals surface area contributed by atoms with Crippen molar-refractivity contribution in [2.75, 3.05) is 0 Å². The molecule has 1 unspecified atom stereocenters. The molecule has 0 spiro atoms. The van der Waals surface area contributed by atoms with Crippen LogP contribution in [-0.4, -0.2) is 0 Å². The molecule has 0 amide bonds. The van der Waals surface area contributed by atoms with Gasteiger partial charge in [-0.15, -0.1) is 13.2 Å². The molecule has 0 radical (unpaired) electrons. The van der Waals surface area contributed by atoms with E-state index in [2.05, 4.69) is 0 Å². The molecule has 0 saturated heterocycles. The first kappa shape index (κ1) is 17.8. The fourth-order valence-corrected chi connectivity index (χ4v) is 5.58. The Balaban J connectivity index is 0.00000176. The second-order valence-electron chi connectivity index (χ2n) is 5.86. The van der Waals surface area contributed by atoms with Crippen LogP contribution in [0.4, 0.5) is 13.2 Å². The van der Waals surface area contributed by atoms with Crippen molar-refractivity contribution in [2.24, 2.45) is 0 Å². The summed E-state index contributed by atoms with van der Waals surface area (Å²) >= 11 is 0. The van der Waals surface area contributed by atoms with E-state index in [1.807, 2.05) is 25.1 Å². The summed E-state index contributed by atoms with van der Waals surface area (Å²) in [7, 11) is -1.71. The average molecular weight is 393 g/mol. The maximum atomic E-state index is 13.7. The second kappa shape index (κ2) is 6.91. The van der Waals surface area contributed by atoms with Crippen LogP contribution in [0.5, 0.6) is 0 Å². The van der Waals surface area contributed by atoms with Crippen molar-refractivity contribution >= 4 is 20.6 Å². The molecule has 1 aliphatic carbocycles. The number of rotatable bonds is 2. The van der Waals surface area contributed by atoms with Crippen LogP contribution in [0.2, 0.25) is 0 Å². The van der Waals surface area contributed by atoms with Crippen molar-refractivity contribution in [3.63, 3.8) is 0 Å². The number of hydrogen-bond donors (Lipinski definition) is 0. The van der Waals surface area contributed by atoms with Gasteiger partial charge in [0.25, 0.3) is 0 Å². The Labute approximate surface area is 142 Å². The number of alkyl halides is 3. The minimum Gasteiger partial charge on any atom is -1.00 e. The van der Waals surface area contributed by atoms with Gasteiger partial charge in [-0.25, -0.2) is 0 Å². The van der Waals surface area contributed by atoms with Gasteiger partial charge in [0.1, 0.15) is 0 Å². The van der Waals surface area contributed by atoms with Gasteiger partial charge in [0.05, 0.1) is 10.5 Å². The summed E-state index contributed by atoms with van der Waals surface area (Å²) in [5, 5.41) is 0.786. The van der Waals surface area contributed by atoms with Crippen LogP contribution in [0.3, 0.4) is 0 Å².